The molecule has 12 heteroatoms. The van der Waals surface area contributed by atoms with Crippen molar-refractivity contribution in [3.63, 3.8) is 0 Å². The Balaban J connectivity index is 2.04. The van der Waals surface area contributed by atoms with Gasteiger partial charge in [0.05, 0.1) is 11.1 Å². The number of nitrogens with zero attached hydrogens (tertiary/aromatic N) is 3. The highest BCUT2D eigenvalue weighted by Gasteiger charge is 2.39. The average Bonchev–Trinajstić information content (AvgIpc) is 3.18. The number of fused-ring (bicyclic) bond motifs is 1. The molecule has 1 atom stereocenters. The van der Waals surface area contributed by atoms with Crippen LogP contribution >= 0.6 is 0 Å². The molecule has 1 aliphatic heterocycles. The minimum atomic E-state index is -3.99. The van der Waals surface area contributed by atoms with E-state index in [0.717, 1.165) is 0 Å². The number of hydrogen-bond donors (Lipinski definition) is 5. The molecular formula is C17H23N7O4S. The van der Waals surface area contributed by atoms with Crippen LogP contribution in [0.25, 0.3) is 10.8 Å². The second-order valence-corrected chi connectivity index (χ2v) is 8.46. The van der Waals surface area contributed by atoms with Crippen molar-refractivity contribution in [1.29, 1.82) is 0 Å². The van der Waals surface area contributed by atoms with E-state index in [1.165, 1.54) is 28.7 Å². The van der Waals surface area contributed by atoms with Crippen molar-refractivity contribution in [2.75, 3.05) is 19.6 Å². The molecule has 156 valence electrons. The highest BCUT2D eigenvalue weighted by molar-refractivity contribution is 7.89. The number of carbonyl (C=O) groups excluding carboxylic acids is 1. The summed E-state index contributed by atoms with van der Waals surface area (Å²) in [5.74, 6) is -0.695. The van der Waals surface area contributed by atoms with Crippen LogP contribution in [0, 0.1) is 0 Å². The van der Waals surface area contributed by atoms with Crippen LogP contribution < -0.4 is 22.5 Å². The molecule has 1 aromatic carbocycles. The number of aliphatic imine (C=N–C) groups is 1. The Morgan fingerprint density at radius 1 is 1.34 bits per heavy atom. The standard InChI is InChI=1S/C17H23N7O4S/c18-5-6-21-16(26)13-2-1-7-24(13)29(27,28)10-3-4-11-12(8-10)15(23-17(19)20)22-9-14(11)25/h3-4,8-9,13,25H,1-2,5-7,18H2,(H,21,26)(H4,19,20,22,23). The first-order valence-electron chi connectivity index (χ1n) is 8.96. The van der Waals surface area contributed by atoms with Crippen LogP contribution in [0.4, 0.5) is 5.82 Å². The number of aromatic nitrogens is 1. The third kappa shape index (κ3) is 4.09. The number of carbonyl (C=O) groups is 1. The van der Waals surface area contributed by atoms with Gasteiger partial charge in [0.2, 0.25) is 15.9 Å². The van der Waals surface area contributed by atoms with Gasteiger partial charge in [-0.1, -0.05) is 0 Å². The van der Waals surface area contributed by atoms with E-state index in [2.05, 4.69) is 15.3 Å². The van der Waals surface area contributed by atoms with E-state index in [-0.39, 0.29) is 53.4 Å². The fraction of sp³-hybridized carbons (Fsp3) is 0.353. The monoisotopic (exact) mass is 421 g/mol. The van der Waals surface area contributed by atoms with E-state index in [4.69, 9.17) is 17.2 Å². The highest BCUT2D eigenvalue weighted by Crippen LogP contribution is 2.34. The zero-order valence-electron chi connectivity index (χ0n) is 15.6. The maximum absolute atomic E-state index is 13.2. The molecule has 3 rings (SSSR count). The molecule has 2 heterocycles. The summed E-state index contributed by atoms with van der Waals surface area (Å²) < 4.78 is 27.7. The van der Waals surface area contributed by atoms with Gasteiger partial charge >= 0.3 is 0 Å². The number of pyridine rings is 1. The van der Waals surface area contributed by atoms with Crippen LogP contribution in [0.2, 0.25) is 0 Å². The molecule has 29 heavy (non-hydrogen) atoms. The Morgan fingerprint density at radius 2 is 2.10 bits per heavy atom. The van der Waals surface area contributed by atoms with Crippen molar-refractivity contribution < 1.29 is 18.3 Å². The molecule has 0 saturated carbocycles. The normalized spacial score (nSPS) is 17.3. The summed E-state index contributed by atoms with van der Waals surface area (Å²) in [6, 6.07) is 3.35. The van der Waals surface area contributed by atoms with Crippen molar-refractivity contribution >= 4 is 38.5 Å². The van der Waals surface area contributed by atoms with Crippen LogP contribution in [0.15, 0.2) is 34.3 Å². The summed E-state index contributed by atoms with van der Waals surface area (Å²) in [5, 5.41) is 13.3. The number of nitrogens with one attached hydrogen (secondary N) is 1. The molecule has 0 radical (unpaired) electrons. The Kier molecular flexibility index (Phi) is 5.86. The fourth-order valence-electron chi connectivity index (χ4n) is 3.30. The molecule has 2 aromatic rings. The van der Waals surface area contributed by atoms with E-state index in [9.17, 15) is 18.3 Å². The molecular weight excluding hydrogens is 398 g/mol. The SMILES string of the molecule is NCCNC(=O)C1CCCN1S(=O)(=O)c1ccc2c(O)cnc(N=C(N)N)c2c1. The summed E-state index contributed by atoms with van der Waals surface area (Å²) in [7, 11) is -3.99. The molecule has 1 fully saturated rings. The lowest BCUT2D eigenvalue weighted by molar-refractivity contribution is -0.124. The first-order chi connectivity index (χ1) is 13.8. The van der Waals surface area contributed by atoms with Crippen LogP contribution in [-0.4, -0.2) is 60.4 Å². The van der Waals surface area contributed by atoms with E-state index >= 15 is 0 Å². The lowest BCUT2D eigenvalue weighted by Crippen LogP contribution is -2.46. The second-order valence-electron chi connectivity index (χ2n) is 6.56. The third-order valence-electron chi connectivity index (χ3n) is 4.61. The number of amides is 1. The molecule has 1 aliphatic rings. The second kappa shape index (κ2) is 8.19. The largest absolute Gasteiger partial charge is 0.506 e. The summed E-state index contributed by atoms with van der Waals surface area (Å²) in [5.41, 5.74) is 16.2. The number of benzene rings is 1. The third-order valence-corrected chi connectivity index (χ3v) is 6.51. The van der Waals surface area contributed by atoms with Crippen molar-refractivity contribution in [1.82, 2.24) is 14.6 Å². The van der Waals surface area contributed by atoms with Crippen molar-refractivity contribution in [3.05, 3.63) is 24.4 Å². The smallest absolute Gasteiger partial charge is 0.243 e. The zero-order chi connectivity index (χ0) is 21.2. The molecule has 11 nitrogen and oxygen atoms in total. The van der Waals surface area contributed by atoms with E-state index in [0.29, 0.717) is 18.2 Å². The number of nitrogens with two attached hydrogens (primary N) is 3. The van der Waals surface area contributed by atoms with Crippen LogP contribution in [0.5, 0.6) is 5.75 Å². The van der Waals surface area contributed by atoms with Gasteiger partial charge in [-0.3, -0.25) is 4.79 Å². The minimum absolute atomic E-state index is 0.0528. The molecule has 1 aromatic heterocycles. The van der Waals surface area contributed by atoms with Crippen molar-refractivity contribution in [2.24, 2.45) is 22.2 Å². The highest BCUT2D eigenvalue weighted by atomic mass is 32.2. The number of hydrogen-bond acceptors (Lipinski definition) is 7. The van der Waals surface area contributed by atoms with Gasteiger partial charge in [-0.2, -0.15) is 9.30 Å². The van der Waals surface area contributed by atoms with Gasteiger partial charge in [-0.25, -0.2) is 13.4 Å². The Bertz CT molecular complexity index is 1070. The van der Waals surface area contributed by atoms with E-state index in [1.54, 1.807) is 0 Å². The number of guanidine groups is 1. The first kappa shape index (κ1) is 20.8. The minimum Gasteiger partial charge on any atom is -0.506 e. The Labute approximate surface area is 167 Å². The predicted molar refractivity (Wildman–Crippen MR) is 108 cm³/mol. The van der Waals surface area contributed by atoms with Gasteiger partial charge in [-0.05, 0) is 31.0 Å². The van der Waals surface area contributed by atoms with E-state index < -0.39 is 16.1 Å². The molecule has 0 bridgehead atoms. The van der Waals surface area contributed by atoms with Crippen molar-refractivity contribution in [2.45, 2.75) is 23.8 Å². The maximum atomic E-state index is 13.2. The Morgan fingerprint density at radius 3 is 2.79 bits per heavy atom. The average molecular weight is 421 g/mol. The van der Waals surface area contributed by atoms with Gasteiger partial charge < -0.3 is 27.6 Å². The first-order valence-corrected chi connectivity index (χ1v) is 10.4. The molecule has 8 N–H and O–H groups in total. The molecule has 0 aliphatic carbocycles. The van der Waals surface area contributed by atoms with Gasteiger partial charge in [0.25, 0.3) is 0 Å². The van der Waals surface area contributed by atoms with Crippen molar-refractivity contribution in [3.8, 4) is 5.75 Å². The number of rotatable bonds is 6. The van der Waals surface area contributed by atoms with Crippen LogP contribution in [0.3, 0.4) is 0 Å². The van der Waals surface area contributed by atoms with Gasteiger partial charge in [-0.15, -0.1) is 0 Å². The van der Waals surface area contributed by atoms with Gasteiger partial charge in [0.1, 0.15) is 11.8 Å². The fourth-order valence-corrected chi connectivity index (χ4v) is 4.99. The quantitative estimate of drug-likeness (QED) is 0.292. The summed E-state index contributed by atoms with van der Waals surface area (Å²) in [6.45, 7) is 0.756. The lowest BCUT2D eigenvalue weighted by atomic mass is 10.1. The predicted octanol–water partition coefficient (Wildman–Crippen LogP) is -0.927. The molecule has 1 amide bonds. The Hall–Kier alpha value is -2.96. The van der Waals surface area contributed by atoms with Crippen LogP contribution in [0.1, 0.15) is 12.8 Å². The zero-order valence-corrected chi connectivity index (χ0v) is 16.4. The topological polar surface area (TPSA) is 190 Å². The summed E-state index contributed by atoms with van der Waals surface area (Å²) >= 11 is 0. The molecule has 1 unspecified atom stereocenters. The van der Waals surface area contributed by atoms with Gasteiger partial charge in [0, 0.05) is 30.4 Å². The molecule has 0 spiro atoms. The molecule has 1 saturated heterocycles. The maximum Gasteiger partial charge on any atom is 0.243 e. The van der Waals surface area contributed by atoms with E-state index in [1.807, 2.05) is 0 Å². The number of aromatic hydroxyl groups is 1. The lowest BCUT2D eigenvalue weighted by Gasteiger charge is -2.23. The van der Waals surface area contributed by atoms with Gasteiger partial charge in [0.15, 0.2) is 11.8 Å². The number of sulfonamides is 1. The van der Waals surface area contributed by atoms with Crippen LogP contribution in [-0.2, 0) is 14.8 Å². The summed E-state index contributed by atoms with van der Waals surface area (Å²) in [6.07, 6.45) is 2.16. The summed E-state index contributed by atoms with van der Waals surface area (Å²) in [4.78, 5) is 20.2.